The van der Waals surface area contributed by atoms with Crippen molar-refractivity contribution < 1.29 is 4.74 Å². The zero-order valence-electron chi connectivity index (χ0n) is 12.9. The maximum Gasteiger partial charge on any atom is 0.123 e. The Hall–Kier alpha value is -1.06. The van der Waals surface area contributed by atoms with E-state index in [1.165, 1.54) is 17.5 Å². The average Bonchev–Trinajstić information content (AvgIpc) is 2.80. The van der Waals surface area contributed by atoms with Crippen LogP contribution in [-0.2, 0) is 6.42 Å². The van der Waals surface area contributed by atoms with Crippen molar-refractivity contribution in [2.24, 2.45) is 0 Å². The second-order valence-electron chi connectivity index (χ2n) is 6.63. The number of benzene rings is 1. The molecule has 110 valence electrons. The Bertz CT molecular complexity index is 488. The van der Waals surface area contributed by atoms with E-state index in [1.54, 1.807) is 0 Å². The summed E-state index contributed by atoms with van der Waals surface area (Å²) in [6.07, 6.45) is 2.56. The van der Waals surface area contributed by atoms with Crippen molar-refractivity contribution in [2.75, 3.05) is 26.2 Å². The quantitative estimate of drug-likeness (QED) is 0.916. The van der Waals surface area contributed by atoms with Gasteiger partial charge >= 0.3 is 0 Å². The van der Waals surface area contributed by atoms with E-state index in [1.807, 2.05) is 0 Å². The van der Waals surface area contributed by atoms with Crippen molar-refractivity contribution in [3.63, 3.8) is 0 Å². The highest BCUT2D eigenvalue weighted by molar-refractivity contribution is 5.40. The molecule has 2 aliphatic heterocycles. The molecule has 2 heterocycles. The highest BCUT2D eigenvalue weighted by atomic mass is 16.5. The first-order valence-electron chi connectivity index (χ1n) is 7.81. The van der Waals surface area contributed by atoms with Crippen LogP contribution in [0.1, 0.15) is 31.4 Å². The van der Waals surface area contributed by atoms with Gasteiger partial charge < -0.3 is 10.1 Å². The predicted molar refractivity (Wildman–Crippen MR) is 82.4 cm³/mol. The summed E-state index contributed by atoms with van der Waals surface area (Å²) >= 11 is 0. The zero-order chi connectivity index (χ0) is 14.2. The highest BCUT2D eigenvalue weighted by Gasteiger charge is 2.31. The van der Waals surface area contributed by atoms with Crippen LogP contribution in [0.4, 0.5) is 0 Å². The molecule has 1 fully saturated rings. The van der Waals surface area contributed by atoms with Crippen molar-refractivity contribution in [2.45, 2.75) is 45.3 Å². The highest BCUT2D eigenvalue weighted by Crippen LogP contribution is 2.30. The van der Waals surface area contributed by atoms with Gasteiger partial charge in [0, 0.05) is 38.1 Å². The van der Waals surface area contributed by atoms with Gasteiger partial charge in [0.1, 0.15) is 11.9 Å². The standard InChI is InChI=1S/C17H26N2O/c1-4-17(3)12-19(8-7-18-17)11-15-10-14-9-13(2)5-6-16(14)20-15/h5-6,9,15,18H,4,7-8,10-12H2,1-3H3. The van der Waals surface area contributed by atoms with Crippen LogP contribution in [0.5, 0.6) is 5.75 Å². The molecule has 0 aliphatic carbocycles. The molecular formula is C17H26N2O. The van der Waals surface area contributed by atoms with Gasteiger partial charge in [0.25, 0.3) is 0 Å². The van der Waals surface area contributed by atoms with Gasteiger partial charge in [-0.25, -0.2) is 0 Å². The minimum atomic E-state index is 0.264. The Balaban J connectivity index is 1.60. The third kappa shape index (κ3) is 2.84. The van der Waals surface area contributed by atoms with Crippen LogP contribution < -0.4 is 10.1 Å². The van der Waals surface area contributed by atoms with Crippen LogP contribution in [0.15, 0.2) is 18.2 Å². The molecule has 0 spiro atoms. The summed E-state index contributed by atoms with van der Waals surface area (Å²) in [5, 5.41) is 3.64. The Morgan fingerprint density at radius 3 is 3.10 bits per heavy atom. The van der Waals surface area contributed by atoms with Gasteiger partial charge in [-0.1, -0.05) is 24.6 Å². The van der Waals surface area contributed by atoms with Crippen molar-refractivity contribution in [3.8, 4) is 5.75 Å². The van der Waals surface area contributed by atoms with Crippen LogP contribution in [0.2, 0.25) is 0 Å². The Labute approximate surface area is 122 Å². The lowest BCUT2D eigenvalue weighted by Gasteiger charge is -2.41. The Kier molecular flexibility index (Phi) is 3.74. The van der Waals surface area contributed by atoms with Crippen molar-refractivity contribution >= 4 is 0 Å². The van der Waals surface area contributed by atoms with Gasteiger partial charge in [-0.15, -0.1) is 0 Å². The lowest BCUT2D eigenvalue weighted by atomic mass is 9.95. The monoisotopic (exact) mass is 274 g/mol. The number of nitrogens with zero attached hydrogens (tertiary/aromatic N) is 1. The molecule has 3 rings (SSSR count). The topological polar surface area (TPSA) is 24.5 Å². The van der Waals surface area contributed by atoms with Crippen LogP contribution >= 0.6 is 0 Å². The number of ether oxygens (including phenoxy) is 1. The molecule has 0 amide bonds. The normalized spacial score (nSPS) is 30.1. The number of fused-ring (bicyclic) bond motifs is 1. The lowest BCUT2D eigenvalue weighted by molar-refractivity contribution is 0.0933. The molecule has 3 heteroatoms. The second-order valence-corrected chi connectivity index (χ2v) is 6.63. The fraction of sp³-hybridized carbons (Fsp3) is 0.647. The van der Waals surface area contributed by atoms with E-state index in [4.69, 9.17) is 4.74 Å². The minimum absolute atomic E-state index is 0.264. The second kappa shape index (κ2) is 5.38. The Morgan fingerprint density at radius 1 is 1.45 bits per heavy atom. The van der Waals surface area contributed by atoms with E-state index in [2.05, 4.69) is 49.2 Å². The molecule has 20 heavy (non-hydrogen) atoms. The molecule has 2 atom stereocenters. The van der Waals surface area contributed by atoms with Gasteiger partial charge in [-0.2, -0.15) is 0 Å². The van der Waals surface area contributed by atoms with E-state index < -0.39 is 0 Å². The van der Waals surface area contributed by atoms with Crippen molar-refractivity contribution in [1.82, 2.24) is 10.2 Å². The number of nitrogens with one attached hydrogen (secondary N) is 1. The first kappa shape index (κ1) is 13.9. The fourth-order valence-electron chi connectivity index (χ4n) is 3.38. The number of hydrogen-bond acceptors (Lipinski definition) is 3. The summed E-state index contributed by atoms with van der Waals surface area (Å²) in [4.78, 5) is 2.56. The molecule has 3 nitrogen and oxygen atoms in total. The predicted octanol–water partition coefficient (Wildman–Crippen LogP) is 2.37. The van der Waals surface area contributed by atoms with Gasteiger partial charge in [-0.05, 0) is 31.9 Å². The van der Waals surface area contributed by atoms with E-state index in [0.29, 0.717) is 6.10 Å². The van der Waals surface area contributed by atoms with Crippen LogP contribution in [-0.4, -0.2) is 42.7 Å². The molecule has 0 saturated carbocycles. The number of hydrogen-bond donors (Lipinski definition) is 1. The maximum atomic E-state index is 6.10. The van der Waals surface area contributed by atoms with Crippen molar-refractivity contribution in [1.29, 1.82) is 0 Å². The summed E-state index contributed by atoms with van der Waals surface area (Å²) in [5.74, 6) is 1.09. The number of rotatable bonds is 3. The van der Waals surface area contributed by atoms with Crippen molar-refractivity contribution in [3.05, 3.63) is 29.3 Å². The average molecular weight is 274 g/mol. The van der Waals surface area contributed by atoms with E-state index in [9.17, 15) is 0 Å². The molecule has 2 unspecified atom stereocenters. The van der Waals surface area contributed by atoms with Gasteiger partial charge in [-0.3, -0.25) is 4.90 Å². The van der Waals surface area contributed by atoms with E-state index in [0.717, 1.165) is 38.3 Å². The molecule has 0 radical (unpaired) electrons. The fourth-order valence-corrected chi connectivity index (χ4v) is 3.38. The summed E-state index contributed by atoms with van der Waals surface area (Å²) in [6.45, 7) is 11.1. The third-order valence-corrected chi connectivity index (χ3v) is 4.75. The van der Waals surface area contributed by atoms with Crippen LogP contribution in [0, 0.1) is 6.92 Å². The maximum absolute atomic E-state index is 6.10. The van der Waals surface area contributed by atoms with E-state index in [-0.39, 0.29) is 5.54 Å². The molecule has 0 bridgehead atoms. The van der Waals surface area contributed by atoms with Gasteiger partial charge in [0.15, 0.2) is 0 Å². The molecule has 0 aromatic heterocycles. The van der Waals surface area contributed by atoms with Crippen LogP contribution in [0.25, 0.3) is 0 Å². The number of piperazine rings is 1. The van der Waals surface area contributed by atoms with E-state index >= 15 is 0 Å². The summed E-state index contributed by atoms with van der Waals surface area (Å²) in [6, 6.07) is 6.53. The van der Waals surface area contributed by atoms with Gasteiger partial charge in [0.2, 0.25) is 0 Å². The number of aryl methyl sites for hydroxylation is 1. The summed E-state index contributed by atoms with van der Waals surface area (Å²) in [5.41, 5.74) is 2.97. The van der Waals surface area contributed by atoms with Crippen LogP contribution in [0.3, 0.4) is 0 Å². The molecular weight excluding hydrogens is 248 g/mol. The molecule has 1 aromatic rings. The molecule has 1 saturated heterocycles. The van der Waals surface area contributed by atoms with Gasteiger partial charge in [0.05, 0.1) is 0 Å². The molecule has 1 aromatic carbocycles. The first-order chi connectivity index (χ1) is 9.58. The third-order valence-electron chi connectivity index (χ3n) is 4.75. The summed E-state index contributed by atoms with van der Waals surface area (Å²) < 4.78 is 6.10. The first-order valence-corrected chi connectivity index (χ1v) is 7.81. The SMILES string of the molecule is CCC1(C)CN(CC2Cc3cc(C)ccc3O2)CCN1. The minimum Gasteiger partial charge on any atom is -0.488 e. The molecule has 1 N–H and O–H groups in total. The molecule has 2 aliphatic rings. The lowest BCUT2D eigenvalue weighted by Crippen LogP contribution is -2.59. The largest absolute Gasteiger partial charge is 0.488 e. The summed E-state index contributed by atoms with van der Waals surface area (Å²) in [7, 11) is 0. The smallest absolute Gasteiger partial charge is 0.123 e. The Morgan fingerprint density at radius 2 is 2.30 bits per heavy atom. The zero-order valence-corrected chi connectivity index (χ0v) is 12.9.